The Morgan fingerprint density at radius 1 is 1.20 bits per heavy atom. The molecule has 0 radical (unpaired) electrons. The van der Waals surface area contributed by atoms with Gasteiger partial charge in [-0.1, -0.05) is 30.7 Å². The molecule has 20 heavy (non-hydrogen) atoms. The SMILES string of the molecule is CCOC(OCC)C(NN)c1ccccc1C1CCC1. The second-order valence-electron chi connectivity index (χ2n) is 5.18. The molecule has 0 heterocycles. The monoisotopic (exact) mass is 278 g/mol. The van der Waals surface area contributed by atoms with Gasteiger partial charge in [0.15, 0.2) is 6.29 Å². The van der Waals surface area contributed by atoms with E-state index in [0.29, 0.717) is 19.1 Å². The molecule has 1 aliphatic rings. The predicted octanol–water partition coefficient (Wildman–Crippen LogP) is 2.86. The van der Waals surface area contributed by atoms with Crippen LogP contribution in [0.4, 0.5) is 0 Å². The van der Waals surface area contributed by atoms with E-state index in [-0.39, 0.29) is 12.3 Å². The van der Waals surface area contributed by atoms with Crippen LogP contribution < -0.4 is 11.3 Å². The van der Waals surface area contributed by atoms with Crippen molar-refractivity contribution in [2.45, 2.75) is 51.4 Å². The molecule has 0 amide bonds. The second kappa shape index (κ2) is 7.74. The number of nitrogens with one attached hydrogen (secondary N) is 1. The van der Waals surface area contributed by atoms with Crippen molar-refractivity contribution < 1.29 is 9.47 Å². The Morgan fingerprint density at radius 3 is 2.35 bits per heavy atom. The predicted molar refractivity (Wildman–Crippen MR) is 80.1 cm³/mol. The van der Waals surface area contributed by atoms with Crippen LogP contribution in [-0.4, -0.2) is 19.5 Å². The van der Waals surface area contributed by atoms with Gasteiger partial charge in [-0.05, 0) is 43.7 Å². The molecule has 1 aliphatic carbocycles. The lowest BCUT2D eigenvalue weighted by molar-refractivity contribution is -0.155. The summed E-state index contributed by atoms with van der Waals surface area (Å²) in [6, 6.07) is 8.35. The molecule has 1 unspecified atom stereocenters. The van der Waals surface area contributed by atoms with Gasteiger partial charge < -0.3 is 9.47 Å². The molecule has 1 saturated carbocycles. The van der Waals surface area contributed by atoms with Crippen LogP contribution in [0.25, 0.3) is 0 Å². The van der Waals surface area contributed by atoms with E-state index in [4.69, 9.17) is 15.3 Å². The molecular weight excluding hydrogens is 252 g/mol. The third kappa shape index (κ3) is 3.38. The molecule has 4 nitrogen and oxygen atoms in total. The van der Waals surface area contributed by atoms with Crippen LogP contribution in [0.15, 0.2) is 24.3 Å². The highest BCUT2D eigenvalue weighted by molar-refractivity contribution is 5.34. The van der Waals surface area contributed by atoms with E-state index >= 15 is 0 Å². The van der Waals surface area contributed by atoms with Crippen molar-refractivity contribution in [2.24, 2.45) is 5.84 Å². The highest BCUT2D eigenvalue weighted by Gasteiger charge is 2.29. The third-order valence-electron chi connectivity index (χ3n) is 3.99. The Balaban J connectivity index is 2.25. The maximum Gasteiger partial charge on any atom is 0.178 e. The normalized spacial score (nSPS) is 17.2. The maximum atomic E-state index is 5.78. The van der Waals surface area contributed by atoms with Crippen molar-refractivity contribution >= 4 is 0 Å². The first-order chi connectivity index (χ1) is 9.81. The van der Waals surface area contributed by atoms with E-state index in [2.05, 4.69) is 29.7 Å². The standard InChI is InChI=1S/C16H26N2O2/c1-3-19-16(20-4-2)15(18-17)14-11-6-5-10-13(14)12-8-7-9-12/h5-6,10-12,15-16,18H,3-4,7-9,17H2,1-2H3. The number of nitrogens with two attached hydrogens (primary N) is 1. The van der Waals surface area contributed by atoms with Gasteiger partial charge in [0.2, 0.25) is 0 Å². The maximum absolute atomic E-state index is 5.78. The minimum Gasteiger partial charge on any atom is -0.351 e. The van der Waals surface area contributed by atoms with Crippen molar-refractivity contribution in [2.75, 3.05) is 13.2 Å². The summed E-state index contributed by atoms with van der Waals surface area (Å²) in [6.07, 6.45) is 3.50. The molecule has 0 bridgehead atoms. The van der Waals surface area contributed by atoms with Crippen LogP contribution in [0, 0.1) is 0 Å². The van der Waals surface area contributed by atoms with Crippen molar-refractivity contribution in [1.82, 2.24) is 5.43 Å². The van der Waals surface area contributed by atoms with Crippen molar-refractivity contribution in [3.63, 3.8) is 0 Å². The Morgan fingerprint density at radius 2 is 1.85 bits per heavy atom. The summed E-state index contributed by atoms with van der Waals surface area (Å²) in [4.78, 5) is 0. The van der Waals surface area contributed by atoms with Crippen LogP contribution in [0.3, 0.4) is 0 Å². The zero-order valence-electron chi connectivity index (χ0n) is 12.5. The first-order valence-electron chi connectivity index (χ1n) is 7.59. The molecule has 1 fully saturated rings. The van der Waals surface area contributed by atoms with E-state index in [1.807, 2.05) is 13.8 Å². The number of hydrogen-bond acceptors (Lipinski definition) is 4. The summed E-state index contributed by atoms with van der Waals surface area (Å²) >= 11 is 0. The Bertz CT molecular complexity index is 401. The van der Waals surface area contributed by atoms with Gasteiger partial charge in [0, 0.05) is 13.2 Å². The molecule has 1 aromatic rings. The molecule has 0 aromatic heterocycles. The third-order valence-corrected chi connectivity index (χ3v) is 3.99. The number of hydrogen-bond donors (Lipinski definition) is 2. The minimum absolute atomic E-state index is 0.133. The average Bonchev–Trinajstić information content (AvgIpc) is 2.40. The largest absolute Gasteiger partial charge is 0.351 e. The van der Waals surface area contributed by atoms with Crippen molar-refractivity contribution in [3.05, 3.63) is 35.4 Å². The molecule has 112 valence electrons. The summed E-state index contributed by atoms with van der Waals surface area (Å²) in [5.74, 6) is 6.44. The number of benzene rings is 1. The van der Waals surface area contributed by atoms with E-state index < -0.39 is 0 Å². The molecule has 3 N–H and O–H groups in total. The smallest absolute Gasteiger partial charge is 0.178 e. The Hall–Kier alpha value is -0.940. The minimum atomic E-state index is -0.351. The summed E-state index contributed by atoms with van der Waals surface area (Å²) in [6.45, 7) is 5.15. The molecule has 4 heteroatoms. The van der Waals surface area contributed by atoms with Crippen molar-refractivity contribution in [1.29, 1.82) is 0 Å². The molecule has 1 atom stereocenters. The zero-order chi connectivity index (χ0) is 14.4. The summed E-state index contributed by atoms with van der Waals surface area (Å²) in [7, 11) is 0. The van der Waals surface area contributed by atoms with Gasteiger partial charge >= 0.3 is 0 Å². The molecule has 0 saturated heterocycles. The van der Waals surface area contributed by atoms with Gasteiger partial charge in [-0.15, -0.1) is 0 Å². The summed E-state index contributed by atoms with van der Waals surface area (Å²) in [5.41, 5.74) is 5.46. The number of rotatable bonds is 8. The van der Waals surface area contributed by atoms with Gasteiger partial charge in [0.1, 0.15) is 0 Å². The fourth-order valence-electron chi connectivity index (χ4n) is 2.77. The van der Waals surface area contributed by atoms with Gasteiger partial charge in [-0.2, -0.15) is 0 Å². The van der Waals surface area contributed by atoms with E-state index in [1.165, 1.54) is 30.4 Å². The van der Waals surface area contributed by atoms with Gasteiger partial charge in [-0.25, -0.2) is 5.43 Å². The summed E-state index contributed by atoms with van der Waals surface area (Å²) in [5, 5.41) is 0. The quantitative estimate of drug-likeness (QED) is 0.436. The van der Waals surface area contributed by atoms with E-state index in [9.17, 15) is 0 Å². The molecular formula is C16H26N2O2. The molecule has 1 aromatic carbocycles. The highest BCUT2D eigenvalue weighted by atomic mass is 16.7. The van der Waals surface area contributed by atoms with Crippen LogP contribution in [0.1, 0.15) is 56.2 Å². The Kier molecular flexibility index (Phi) is 5.98. The first-order valence-corrected chi connectivity index (χ1v) is 7.59. The highest BCUT2D eigenvalue weighted by Crippen LogP contribution is 2.40. The first kappa shape index (κ1) is 15.4. The van der Waals surface area contributed by atoms with E-state index in [1.54, 1.807) is 0 Å². The molecule has 2 rings (SSSR count). The van der Waals surface area contributed by atoms with Crippen LogP contribution >= 0.6 is 0 Å². The topological polar surface area (TPSA) is 56.5 Å². The molecule has 0 spiro atoms. The van der Waals surface area contributed by atoms with Crippen LogP contribution in [0.2, 0.25) is 0 Å². The fourth-order valence-corrected chi connectivity index (χ4v) is 2.77. The lowest BCUT2D eigenvalue weighted by Gasteiger charge is -2.33. The van der Waals surface area contributed by atoms with Gasteiger partial charge in [0.25, 0.3) is 0 Å². The average molecular weight is 278 g/mol. The van der Waals surface area contributed by atoms with Crippen LogP contribution in [-0.2, 0) is 9.47 Å². The van der Waals surface area contributed by atoms with E-state index in [0.717, 1.165) is 0 Å². The van der Waals surface area contributed by atoms with Crippen molar-refractivity contribution in [3.8, 4) is 0 Å². The van der Waals surface area contributed by atoms with Gasteiger partial charge in [0.05, 0.1) is 6.04 Å². The zero-order valence-corrected chi connectivity index (χ0v) is 12.5. The lowest BCUT2D eigenvalue weighted by Crippen LogP contribution is -2.40. The lowest BCUT2D eigenvalue weighted by atomic mass is 9.77. The van der Waals surface area contributed by atoms with Gasteiger partial charge in [-0.3, -0.25) is 5.84 Å². The fraction of sp³-hybridized carbons (Fsp3) is 0.625. The molecule has 0 aliphatic heterocycles. The van der Waals surface area contributed by atoms with Crippen LogP contribution in [0.5, 0.6) is 0 Å². The Labute approximate surface area is 121 Å². The second-order valence-corrected chi connectivity index (χ2v) is 5.18. The number of hydrazine groups is 1. The summed E-state index contributed by atoms with van der Waals surface area (Å²) < 4.78 is 11.4. The number of ether oxygens (including phenoxy) is 2.